The van der Waals surface area contributed by atoms with Gasteiger partial charge in [-0.05, 0) is 65.3 Å². The summed E-state index contributed by atoms with van der Waals surface area (Å²) in [5.74, 6) is -1.32. The number of nitrogens with zero attached hydrogens (tertiary/aromatic N) is 1. The number of carbonyl (C=O) groups is 2. The van der Waals surface area contributed by atoms with Crippen molar-refractivity contribution in [3.63, 3.8) is 0 Å². The number of rotatable bonds is 9. The number of hydrogen-bond donors (Lipinski definition) is 3. The standard InChI is InChI=1S/C29H29N3O4/c1-36-28(33)11-7-19-6-9-24-21(14-19)8-10-27(24)32(18-20-15-26(29(34)35)30-16-20)13-12-22-17-31-25-5-3-2-4-23(22)25/h2-7,9,11,14-17,27,30-31H,8,10,12-13,18H2,1H3,(H,34,35). The van der Waals surface area contributed by atoms with E-state index in [9.17, 15) is 14.7 Å². The Morgan fingerprint density at radius 1 is 1.14 bits per heavy atom. The number of aromatic nitrogens is 2. The molecule has 0 fully saturated rings. The monoisotopic (exact) mass is 483 g/mol. The molecule has 2 aromatic heterocycles. The van der Waals surface area contributed by atoms with Crippen LogP contribution in [0.25, 0.3) is 17.0 Å². The van der Waals surface area contributed by atoms with Crippen molar-refractivity contribution in [2.45, 2.75) is 31.8 Å². The van der Waals surface area contributed by atoms with Gasteiger partial charge in [-0.2, -0.15) is 0 Å². The molecule has 0 saturated heterocycles. The maximum atomic E-state index is 11.5. The Morgan fingerprint density at radius 3 is 2.81 bits per heavy atom. The second-order valence-corrected chi connectivity index (χ2v) is 9.18. The summed E-state index contributed by atoms with van der Waals surface area (Å²) in [6, 6.07) is 16.6. The average Bonchev–Trinajstić information content (AvgIpc) is 3.63. The van der Waals surface area contributed by atoms with Gasteiger partial charge in [-0.1, -0.05) is 36.4 Å². The first-order valence-electron chi connectivity index (χ1n) is 12.1. The zero-order valence-corrected chi connectivity index (χ0v) is 20.2. The van der Waals surface area contributed by atoms with E-state index in [0.717, 1.165) is 42.5 Å². The van der Waals surface area contributed by atoms with Crippen molar-refractivity contribution in [2.75, 3.05) is 13.7 Å². The van der Waals surface area contributed by atoms with E-state index in [1.54, 1.807) is 18.3 Å². The van der Waals surface area contributed by atoms with Crippen LogP contribution in [0.5, 0.6) is 0 Å². The highest BCUT2D eigenvalue weighted by Gasteiger charge is 2.28. The topological polar surface area (TPSA) is 98.4 Å². The third kappa shape index (κ3) is 4.97. The van der Waals surface area contributed by atoms with Gasteiger partial charge >= 0.3 is 11.9 Å². The third-order valence-electron chi connectivity index (χ3n) is 6.97. The van der Waals surface area contributed by atoms with E-state index in [4.69, 9.17) is 4.74 Å². The fourth-order valence-electron chi connectivity index (χ4n) is 5.17. The summed E-state index contributed by atoms with van der Waals surface area (Å²) in [5.41, 5.74) is 7.12. The predicted molar refractivity (Wildman–Crippen MR) is 139 cm³/mol. The van der Waals surface area contributed by atoms with E-state index in [0.29, 0.717) is 6.54 Å². The Morgan fingerprint density at radius 2 is 2.00 bits per heavy atom. The van der Waals surface area contributed by atoms with Crippen molar-refractivity contribution in [1.82, 2.24) is 14.9 Å². The number of nitrogens with one attached hydrogen (secondary N) is 2. The van der Waals surface area contributed by atoms with Gasteiger partial charge in [0.15, 0.2) is 0 Å². The van der Waals surface area contributed by atoms with Crippen LogP contribution < -0.4 is 0 Å². The fourth-order valence-corrected chi connectivity index (χ4v) is 5.17. The Kier molecular flexibility index (Phi) is 6.73. The van der Waals surface area contributed by atoms with Gasteiger partial charge in [0.1, 0.15) is 5.69 Å². The Labute approximate surface area is 209 Å². The number of aromatic carboxylic acids is 1. The summed E-state index contributed by atoms with van der Waals surface area (Å²) in [6.07, 6.45) is 9.92. The minimum absolute atomic E-state index is 0.204. The fraction of sp³-hybridized carbons (Fsp3) is 0.241. The molecule has 0 saturated carbocycles. The molecule has 3 N–H and O–H groups in total. The van der Waals surface area contributed by atoms with Gasteiger partial charge in [0.05, 0.1) is 7.11 Å². The smallest absolute Gasteiger partial charge is 0.352 e. The van der Waals surface area contributed by atoms with Crippen LogP contribution in [0.3, 0.4) is 0 Å². The van der Waals surface area contributed by atoms with E-state index >= 15 is 0 Å². The molecule has 36 heavy (non-hydrogen) atoms. The molecule has 0 radical (unpaired) electrons. The number of esters is 1. The molecule has 7 nitrogen and oxygen atoms in total. The predicted octanol–water partition coefficient (Wildman–Crippen LogP) is 5.11. The number of carbonyl (C=O) groups excluding carboxylic acids is 1. The van der Waals surface area contributed by atoms with Gasteiger partial charge in [0.2, 0.25) is 0 Å². The molecule has 184 valence electrons. The summed E-state index contributed by atoms with van der Waals surface area (Å²) >= 11 is 0. The number of aryl methyl sites for hydroxylation is 1. The van der Waals surface area contributed by atoms with Crippen molar-refractivity contribution in [3.05, 3.63) is 101 Å². The highest BCUT2D eigenvalue weighted by molar-refractivity contribution is 5.87. The number of H-pyrrole nitrogens is 2. The van der Waals surface area contributed by atoms with Crippen LogP contribution in [0.1, 0.15) is 50.8 Å². The average molecular weight is 484 g/mol. The number of benzene rings is 2. The first kappa shape index (κ1) is 23.6. The molecule has 0 bridgehead atoms. The summed E-state index contributed by atoms with van der Waals surface area (Å²) < 4.78 is 4.70. The minimum Gasteiger partial charge on any atom is -0.477 e. The van der Waals surface area contributed by atoms with Gasteiger partial charge in [0.25, 0.3) is 0 Å². The molecule has 1 unspecified atom stereocenters. The first-order valence-corrected chi connectivity index (χ1v) is 12.1. The molecule has 1 aliphatic rings. The Balaban J connectivity index is 1.40. The van der Waals surface area contributed by atoms with Crippen molar-refractivity contribution in [2.24, 2.45) is 0 Å². The Bertz CT molecular complexity index is 1430. The molecule has 1 aliphatic carbocycles. The first-order chi connectivity index (χ1) is 17.5. The van der Waals surface area contributed by atoms with Crippen LogP contribution in [0.15, 0.2) is 67.0 Å². The molecule has 2 aromatic carbocycles. The summed E-state index contributed by atoms with van der Waals surface area (Å²) in [6.45, 7) is 1.49. The lowest BCUT2D eigenvalue weighted by atomic mass is 10.0. The molecule has 2 heterocycles. The van der Waals surface area contributed by atoms with Crippen molar-refractivity contribution in [1.29, 1.82) is 0 Å². The second kappa shape index (κ2) is 10.3. The van der Waals surface area contributed by atoms with E-state index in [2.05, 4.69) is 51.4 Å². The summed E-state index contributed by atoms with van der Waals surface area (Å²) in [4.78, 5) is 31.5. The van der Waals surface area contributed by atoms with Crippen molar-refractivity contribution >= 4 is 28.9 Å². The number of methoxy groups -OCH3 is 1. The molecule has 0 spiro atoms. The zero-order chi connectivity index (χ0) is 25.1. The molecule has 0 amide bonds. The van der Waals surface area contributed by atoms with E-state index < -0.39 is 5.97 Å². The van der Waals surface area contributed by atoms with Crippen molar-refractivity contribution < 1.29 is 19.4 Å². The second-order valence-electron chi connectivity index (χ2n) is 9.18. The van der Waals surface area contributed by atoms with Gasteiger partial charge in [-0.25, -0.2) is 9.59 Å². The lowest BCUT2D eigenvalue weighted by molar-refractivity contribution is -0.134. The van der Waals surface area contributed by atoms with E-state index in [1.807, 2.05) is 12.1 Å². The number of ether oxygens (including phenoxy) is 1. The van der Waals surface area contributed by atoms with Gasteiger partial charge in [0, 0.05) is 48.5 Å². The third-order valence-corrected chi connectivity index (χ3v) is 6.97. The largest absolute Gasteiger partial charge is 0.477 e. The molecule has 7 heteroatoms. The van der Waals surface area contributed by atoms with E-state index in [1.165, 1.54) is 35.3 Å². The number of hydrogen-bond acceptors (Lipinski definition) is 4. The zero-order valence-electron chi connectivity index (χ0n) is 20.2. The van der Waals surface area contributed by atoms with Crippen molar-refractivity contribution in [3.8, 4) is 0 Å². The summed E-state index contributed by atoms with van der Waals surface area (Å²) in [7, 11) is 1.37. The lowest BCUT2D eigenvalue weighted by Gasteiger charge is -2.29. The normalized spacial score (nSPS) is 15.1. The molecule has 5 rings (SSSR count). The molecule has 1 atom stereocenters. The van der Waals surface area contributed by atoms with Crippen LogP contribution in [-0.2, 0) is 28.9 Å². The maximum Gasteiger partial charge on any atom is 0.352 e. The molecular weight excluding hydrogens is 454 g/mol. The highest BCUT2D eigenvalue weighted by Crippen LogP contribution is 2.37. The number of fused-ring (bicyclic) bond motifs is 2. The number of aromatic amines is 2. The van der Waals surface area contributed by atoms with Gasteiger partial charge in [-0.3, -0.25) is 4.90 Å². The van der Waals surface area contributed by atoms with Crippen LogP contribution in [0.2, 0.25) is 0 Å². The highest BCUT2D eigenvalue weighted by atomic mass is 16.5. The summed E-state index contributed by atoms with van der Waals surface area (Å²) in [5, 5.41) is 10.6. The number of carboxylic acids is 1. The van der Waals surface area contributed by atoms with Crippen LogP contribution in [0.4, 0.5) is 0 Å². The molecule has 0 aliphatic heterocycles. The van der Waals surface area contributed by atoms with Crippen LogP contribution in [0, 0.1) is 0 Å². The van der Waals surface area contributed by atoms with E-state index in [-0.39, 0.29) is 17.7 Å². The maximum absolute atomic E-state index is 11.5. The lowest BCUT2D eigenvalue weighted by Crippen LogP contribution is -2.29. The van der Waals surface area contributed by atoms with Crippen LogP contribution >= 0.6 is 0 Å². The van der Waals surface area contributed by atoms with Gasteiger partial charge < -0.3 is 19.8 Å². The number of carboxylic acid groups (broad SMARTS) is 1. The molecule has 4 aromatic rings. The minimum atomic E-state index is -0.953. The Hall–Kier alpha value is -4.10. The SMILES string of the molecule is COC(=O)C=Cc1ccc2c(c1)CCC2N(CCc1c[nH]c2ccccc12)Cc1c[nH]c(C(=O)O)c1. The van der Waals surface area contributed by atoms with Crippen LogP contribution in [-0.4, -0.2) is 45.6 Å². The van der Waals surface area contributed by atoms with Gasteiger partial charge in [-0.15, -0.1) is 0 Å². The quantitative estimate of drug-likeness (QED) is 0.227. The molecular formula is C29H29N3O4. The number of para-hydroxylation sites is 1.